The summed E-state index contributed by atoms with van der Waals surface area (Å²) in [6.07, 6.45) is -0.749. The van der Waals surface area contributed by atoms with Crippen LogP contribution in [0.25, 0.3) is 0 Å². The van der Waals surface area contributed by atoms with Crippen LogP contribution in [0.4, 0.5) is 10.1 Å². The normalized spacial score (nSPS) is 12.0. The van der Waals surface area contributed by atoms with Gasteiger partial charge in [0.15, 0.2) is 0 Å². The molecule has 21 heavy (non-hydrogen) atoms. The molecule has 2 rings (SSSR count). The van der Waals surface area contributed by atoms with Crippen molar-refractivity contribution < 1.29 is 14.2 Å². The van der Waals surface area contributed by atoms with E-state index in [9.17, 15) is 9.50 Å². The number of anilines is 1. The van der Waals surface area contributed by atoms with Crippen LogP contribution in [0.2, 0.25) is 5.02 Å². The molecule has 0 heterocycles. The molecule has 0 aromatic heterocycles. The third kappa shape index (κ3) is 4.92. The van der Waals surface area contributed by atoms with E-state index in [0.29, 0.717) is 16.5 Å². The molecular formula is C16H17ClFNO2. The van der Waals surface area contributed by atoms with Crippen LogP contribution in [0.3, 0.4) is 0 Å². The summed E-state index contributed by atoms with van der Waals surface area (Å²) in [5, 5.41) is 13.3. The van der Waals surface area contributed by atoms with Crippen LogP contribution in [0, 0.1) is 12.7 Å². The second kappa shape index (κ2) is 7.29. The molecule has 0 spiro atoms. The topological polar surface area (TPSA) is 41.5 Å². The summed E-state index contributed by atoms with van der Waals surface area (Å²) >= 11 is 5.77. The molecule has 0 aliphatic heterocycles. The Morgan fingerprint density at radius 1 is 1.24 bits per heavy atom. The molecule has 2 aromatic rings. The Morgan fingerprint density at radius 2 is 1.95 bits per heavy atom. The van der Waals surface area contributed by atoms with Crippen LogP contribution in [-0.2, 0) is 0 Å². The fourth-order valence-electron chi connectivity index (χ4n) is 1.78. The lowest BCUT2D eigenvalue weighted by Crippen LogP contribution is -2.26. The Kier molecular flexibility index (Phi) is 5.42. The van der Waals surface area contributed by atoms with Gasteiger partial charge in [0, 0.05) is 11.6 Å². The molecule has 0 saturated heterocycles. The molecule has 112 valence electrons. The quantitative estimate of drug-likeness (QED) is 0.856. The second-order valence-electron chi connectivity index (χ2n) is 4.78. The van der Waals surface area contributed by atoms with Crippen LogP contribution in [0.15, 0.2) is 42.5 Å². The van der Waals surface area contributed by atoms with Gasteiger partial charge in [0.1, 0.15) is 24.3 Å². The highest BCUT2D eigenvalue weighted by atomic mass is 35.5. The SMILES string of the molecule is Cc1ccc(F)c(NCC(O)COc2ccc(Cl)cc2)c1. The maximum absolute atomic E-state index is 13.5. The third-order valence-corrected chi connectivity index (χ3v) is 3.16. The minimum atomic E-state index is -0.749. The van der Waals surface area contributed by atoms with Crippen molar-refractivity contribution in [2.45, 2.75) is 13.0 Å². The van der Waals surface area contributed by atoms with E-state index in [-0.39, 0.29) is 19.0 Å². The Morgan fingerprint density at radius 3 is 2.67 bits per heavy atom. The molecule has 2 N–H and O–H groups in total. The molecule has 0 saturated carbocycles. The minimum absolute atomic E-state index is 0.113. The number of aliphatic hydroxyl groups excluding tert-OH is 1. The van der Waals surface area contributed by atoms with E-state index in [1.807, 2.05) is 6.92 Å². The maximum Gasteiger partial charge on any atom is 0.146 e. The van der Waals surface area contributed by atoms with E-state index in [2.05, 4.69) is 5.32 Å². The van der Waals surface area contributed by atoms with Crippen LogP contribution < -0.4 is 10.1 Å². The predicted molar refractivity (Wildman–Crippen MR) is 82.6 cm³/mol. The van der Waals surface area contributed by atoms with Crippen molar-refractivity contribution in [1.29, 1.82) is 0 Å². The first-order valence-corrected chi connectivity index (χ1v) is 6.99. The molecule has 0 aliphatic carbocycles. The highest BCUT2D eigenvalue weighted by Crippen LogP contribution is 2.17. The summed E-state index contributed by atoms with van der Waals surface area (Å²) < 4.78 is 18.9. The molecule has 0 bridgehead atoms. The first kappa shape index (κ1) is 15.6. The Bertz CT molecular complexity index is 589. The summed E-state index contributed by atoms with van der Waals surface area (Å²) in [7, 11) is 0. The Labute approximate surface area is 128 Å². The summed E-state index contributed by atoms with van der Waals surface area (Å²) in [5.74, 6) is 0.284. The largest absolute Gasteiger partial charge is 0.491 e. The van der Waals surface area contributed by atoms with E-state index < -0.39 is 6.10 Å². The number of aryl methyl sites for hydroxylation is 1. The van der Waals surface area contributed by atoms with Crippen molar-refractivity contribution in [2.75, 3.05) is 18.5 Å². The number of rotatable bonds is 6. The van der Waals surface area contributed by atoms with Gasteiger partial charge in [-0.15, -0.1) is 0 Å². The first-order valence-electron chi connectivity index (χ1n) is 6.61. The van der Waals surface area contributed by atoms with Gasteiger partial charge in [0.25, 0.3) is 0 Å². The predicted octanol–water partition coefficient (Wildman–Crippen LogP) is 3.64. The molecule has 1 atom stereocenters. The monoisotopic (exact) mass is 309 g/mol. The van der Waals surface area contributed by atoms with Gasteiger partial charge in [0.2, 0.25) is 0 Å². The van der Waals surface area contributed by atoms with Gasteiger partial charge in [0.05, 0.1) is 5.69 Å². The van der Waals surface area contributed by atoms with Crippen LogP contribution in [0.5, 0.6) is 5.75 Å². The van der Waals surface area contributed by atoms with Crippen molar-refractivity contribution >= 4 is 17.3 Å². The minimum Gasteiger partial charge on any atom is -0.491 e. The number of ether oxygens (including phenoxy) is 1. The Hall–Kier alpha value is -1.78. The number of halogens is 2. The molecule has 1 unspecified atom stereocenters. The summed E-state index contributed by atoms with van der Waals surface area (Å²) in [4.78, 5) is 0. The van der Waals surface area contributed by atoms with E-state index in [1.165, 1.54) is 6.07 Å². The lowest BCUT2D eigenvalue weighted by atomic mass is 10.2. The number of nitrogens with one attached hydrogen (secondary N) is 1. The highest BCUT2D eigenvalue weighted by molar-refractivity contribution is 6.30. The van der Waals surface area contributed by atoms with Gasteiger partial charge in [-0.1, -0.05) is 17.7 Å². The number of hydrogen-bond acceptors (Lipinski definition) is 3. The van der Waals surface area contributed by atoms with E-state index in [4.69, 9.17) is 16.3 Å². The second-order valence-corrected chi connectivity index (χ2v) is 5.22. The van der Waals surface area contributed by atoms with Crippen molar-refractivity contribution in [1.82, 2.24) is 0 Å². The van der Waals surface area contributed by atoms with Crippen molar-refractivity contribution in [3.63, 3.8) is 0 Å². The van der Waals surface area contributed by atoms with Gasteiger partial charge in [-0.25, -0.2) is 4.39 Å². The average Bonchev–Trinajstić information content (AvgIpc) is 2.47. The molecule has 0 radical (unpaired) electrons. The summed E-state index contributed by atoms with van der Waals surface area (Å²) in [5.41, 5.74) is 1.33. The molecule has 5 heteroatoms. The number of hydrogen-bond donors (Lipinski definition) is 2. The van der Waals surface area contributed by atoms with Gasteiger partial charge < -0.3 is 15.2 Å². The van der Waals surface area contributed by atoms with Crippen LogP contribution in [-0.4, -0.2) is 24.4 Å². The zero-order chi connectivity index (χ0) is 15.2. The fourth-order valence-corrected chi connectivity index (χ4v) is 1.91. The standard InChI is InChI=1S/C16H17ClFNO2/c1-11-2-7-15(18)16(8-11)19-9-13(20)10-21-14-5-3-12(17)4-6-14/h2-8,13,19-20H,9-10H2,1H3. The van der Waals surface area contributed by atoms with Gasteiger partial charge >= 0.3 is 0 Å². The molecule has 0 fully saturated rings. The van der Waals surface area contributed by atoms with Gasteiger partial charge in [-0.3, -0.25) is 0 Å². The lowest BCUT2D eigenvalue weighted by Gasteiger charge is -2.14. The first-order chi connectivity index (χ1) is 10.0. The van der Waals surface area contributed by atoms with Gasteiger partial charge in [-0.05, 0) is 48.9 Å². The Balaban J connectivity index is 1.80. The van der Waals surface area contributed by atoms with E-state index in [0.717, 1.165) is 5.56 Å². The molecular weight excluding hydrogens is 293 g/mol. The zero-order valence-corrected chi connectivity index (χ0v) is 12.4. The van der Waals surface area contributed by atoms with E-state index in [1.54, 1.807) is 36.4 Å². The number of benzene rings is 2. The summed E-state index contributed by atoms with van der Waals surface area (Å²) in [6.45, 7) is 2.20. The zero-order valence-electron chi connectivity index (χ0n) is 11.6. The average molecular weight is 310 g/mol. The molecule has 2 aromatic carbocycles. The van der Waals surface area contributed by atoms with Crippen molar-refractivity contribution in [3.8, 4) is 5.75 Å². The molecule has 3 nitrogen and oxygen atoms in total. The summed E-state index contributed by atoms with van der Waals surface area (Å²) in [6, 6.07) is 11.7. The number of aliphatic hydroxyl groups is 1. The fraction of sp³-hybridized carbons (Fsp3) is 0.250. The van der Waals surface area contributed by atoms with Crippen molar-refractivity contribution in [3.05, 3.63) is 58.9 Å². The van der Waals surface area contributed by atoms with E-state index >= 15 is 0 Å². The van der Waals surface area contributed by atoms with Gasteiger partial charge in [-0.2, -0.15) is 0 Å². The van der Waals surface area contributed by atoms with Crippen molar-refractivity contribution in [2.24, 2.45) is 0 Å². The van der Waals surface area contributed by atoms with Crippen LogP contribution >= 0.6 is 11.6 Å². The third-order valence-electron chi connectivity index (χ3n) is 2.91. The lowest BCUT2D eigenvalue weighted by molar-refractivity contribution is 0.117. The smallest absolute Gasteiger partial charge is 0.146 e. The maximum atomic E-state index is 13.5. The molecule has 0 amide bonds. The molecule has 0 aliphatic rings. The highest BCUT2D eigenvalue weighted by Gasteiger charge is 2.08. The van der Waals surface area contributed by atoms with Crippen LogP contribution in [0.1, 0.15) is 5.56 Å².